The van der Waals surface area contributed by atoms with Crippen molar-refractivity contribution in [1.29, 1.82) is 0 Å². The van der Waals surface area contributed by atoms with E-state index in [9.17, 15) is 0 Å². The van der Waals surface area contributed by atoms with Crippen LogP contribution in [0.2, 0.25) is 18.1 Å². The zero-order valence-corrected chi connectivity index (χ0v) is 24.5. The van der Waals surface area contributed by atoms with E-state index in [4.69, 9.17) is 47.1 Å². The van der Waals surface area contributed by atoms with E-state index >= 15 is 0 Å². The summed E-state index contributed by atoms with van der Waals surface area (Å²) < 4.78 is 60.5. The van der Waals surface area contributed by atoms with E-state index in [0.29, 0.717) is 46.9 Å². The topological polar surface area (TPSA) is 92.3 Å². The zero-order chi connectivity index (χ0) is 27.6. The maximum Gasteiger partial charge on any atom is 0.231 e. The molecule has 0 aliphatic carbocycles. The molecule has 0 unspecified atom stereocenters. The summed E-state index contributed by atoms with van der Waals surface area (Å²) in [7, 11) is 0.902. The molecule has 6 rings (SSSR count). The highest BCUT2D eigenvalue weighted by molar-refractivity contribution is 6.74. The number of rotatable bonds is 7. The van der Waals surface area contributed by atoms with Crippen molar-refractivity contribution in [3.63, 3.8) is 0 Å². The lowest BCUT2D eigenvalue weighted by atomic mass is 9.85. The van der Waals surface area contributed by atoms with Crippen LogP contribution in [0, 0.1) is 5.92 Å². The molecule has 0 spiro atoms. The first-order valence-corrected chi connectivity index (χ1v) is 16.0. The first kappa shape index (κ1) is 26.4. The molecule has 0 saturated carbocycles. The van der Waals surface area contributed by atoms with Crippen LogP contribution in [0.5, 0.6) is 40.2 Å². The van der Waals surface area contributed by atoms with Crippen molar-refractivity contribution in [3.05, 3.63) is 29.8 Å². The average Bonchev–Trinajstić information content (AvgIpc) is 3.66. The molecule has 4 heterocycles. The maximum absolute atomic E-state index is 7.21. The predicted molar refractivity (Wildman–Crippen MR) is 142 cm³/mol. The summed E-state index contributed by atoms with van der Waals surface area (Å²) >= 11 is 0. The van der Waals surface area contributed by atoms with E-state index in [1.165, 1.54) is 0 Å². The Morgan fingerprint density at radius 1 is 0.795 bits per heavy atom. The Balaban J connectivity index is 1.39. The Kier molecular flexibility index (Phi) is 6.33. The van der Waals surface area contributed by atoms with Crippen LogP contribution in [0.4, 0.5) is 0 Å². The molecule has 10 nitrogen and oxygen atoms in total. The maximum atomic E-state index is 7.21. The van der Waals surface area contributed by atoms with Crippen LogP contribution >= 0.6 is 0 Å². The third kappa shape index (κ3) is 4.26. The van der Waals surface area contributed by atoms with Gasteiger partial charge in [-0.1, -0.05) is 20.8 Å². The molecule has 4 aliphatic rings. The lowest BCUT2D eigenvalue weighted by molar-refractivity contribution is -0.146. The summed E-state index contributed by atoms with van der Waals surface area (Å²) in [6, 6.07) is 7.31. The minimum absolute atomic E-state index is 0.0512. The summed E-state index contributed by atoms with van der Waals surface area (Å²) in [6.07, 6.45) is -1.12. The lowest BCUT2D eigenvalue weighted by Crippen LogP contribution is -2.58. The molecule has 2 aromatic rings. The molecule has 0 radical (unpaired) electrons. The van der Waals surface area contributed by atoms with E-state index in [2.05, 4.69) is 33.9 Å². The van der Waals surface area contributed by atoms with Crippen molar-refractivity contribution in [2.75, 3.05) is 41.0 Å². The van der Waals surface area contributed by atoms with Crippen LogP contribution in [-0.2, 0) is 13.9 Å². The molecular weight excluding hydrogens is 524 g/mol. The fourth-order valence-corrected chi connectivity index (χ4v) is 6.90. The molecule has 2 aromatic carbocycles. The molecule has 4 atom stereocenters. The van der Waals surface area contributed by atoms with Crippen molar-refractivity contribution in [2.45, 2.75) is 56.9 Å². The molecule has 0 bridgehead atoms. The normalized spacial score (nSPS) is 27.0. The van der Waals surface area contributed by atoms with Gasteiger partial charge in [0.2, 0.25) is 19.9 Å². The van der Waals surface area contributed by atoms with E-state index < -0.39 is 20.2 Å². The first-order chi connectivity index (χ1) is 18.6. The number of ether oxygens (including phenoxy) is 9. The van der Waals surface area contributed by atoms with Crippen LogP contribution in [0.3, 0.4) is 0 Å². The third-order valence-corrected chi connectivity index (χ3v) is 13.0. The van der Waals surface area contributed by atoms with Crippen LogP contribution in [0.15, 0.2) is 24.3 Å². The molecule has 11 heteroatoms. The van der Waals surface area contributed by atoms with Crippen LogP contribution in [0.25, 0.3) is 0 Å². The highest BCUT2D eigenvalue weighted by atomic mass is 28.4. The van der Waals surface area contributed by atoms with Gasteiger partial charge in [-0.2, -0.15) is 0 Å². The average molecular weight is 561 g/mol. The van der Waals surface area contributed by atoms with Crippen molar-refractivity contribution >= 4 is 8.32 Å². The van der Waals surface area contributed by atoms with Gasteiger partial charge in [0, 0.05) is 29.7 Å². The van der Waals surface area contributed by atoms with Gasteiger partial charge in [0.25, 0.3) is 0 Å². The number of hydrogen-bond acceptors (Lipinski definition) is 10. The van der Waals surface area contributed by atoms with Crippen LogP contribution < -0.4 is 33.2 Å². The van der Waals surface area contributed by atoms with E-state index in [1.54, 1.807) is 26.4 Å². The smallest absolute Gasteiger partial charge is 0.231 e. The lowest BCUT2D eigenvalue weighted by Gasteiger charge is -2.45. The van der Waals surface area contributed by atoms with Crippen molar-refractivity contribution in [3.8, 4) is 40.2 Å². The number of methoxy groups -OCH3 is 2. The SMILES string of the molecule is COc1cc2c(cc1O[C@@H]1OC[C@@H]3[C@@H](c4cc5c(cc4OC)OCO5)OC[C@]13O[Si](C)(C)C(C)(C)C)OCO2. The van der Waals surface area contributed by atoms with E-state index in [1.807, 2.05) is 12.1 Å². The molecule has 2 fully saturated rings. The monoisotopic (exact) mass is 560 g/mol. The minimum Gasteiger partial charge on any atom is -0.496 e. The number of hydrogen-bond donors (Lipinski definition) is 0. The van der Waals surface area contributed by atoms with Crippen LogP contribution in [0.1, 0.15) is 32.4 Å². The second-order valence-corrected chi connectivity index (χ2v) is 16.5. The van der Waals surface area contributed by atoms with Gasteiger partial charge in [-0.05, 0) is 24.2 Å². The predicted octanol–water partition coefficient (Wildman–Crippen LogP) is 5.04. The standard InChI is InChI=1S/C28H36O10Si/c1-27(2,3)39(6,7)38-28-13-32-25(16-8-20-21(34-14-33-20)9-18(16)29-4)17(28)12-31-26(28)37-24-11-23-22(35-15-36-23)10-19(24)30-5/h8-11,17,25-26H,12-15H2,1-7H3/t17-,25-,26+,28-/m1/s1. The Hall–Kier alpha value is -2.86. The first-order valence-electron chi connectivity index (χ1n) is 13.1. The second kappa shape index (κ2) is 9.36. The fraction of sp³-hybridized carbons (Fsp3) is 0.571. The summed E-state index contributed by atoms with van der Waals surface area (Å²) in [6.45, 7) is 12.1. The summed E-state index contributed by atoms with van der Waals surface area (Å²) in [5.41, 5.74) is -0.0199. The van der Waals surface area contributed by atoms with Gasteiger partial charge in [0.1, 0.15) is 11.4 Å². The molecule has 212 valence electrons. The summed E-state index contributed by atoms with van der Waals surface area (Å²) in [4.78, 5) is 0. The molecular formula is C28H36O10Si. The second-order valence-electron chi connectivity index (χ2n) is 11.7. The van der Waals surface area contributed by atoms with Gasteiger partial charge in [-0.3, -0.25) is 0 Å². The van der Waals surface area contributed by atoms with E-state index in [0.717, 1.165) is 5.56 Å². The largest absolute Gasteiger partial charge is 0.496 e. The fourth-order valence-electron chi connectivity index (χ4n) is 5.33. The van der Waals surface area contributed by atoms with Gasteiger partial charge in [-0.25, -0.2) is 0 Å². The summed E-state index contributed by atoms with van der Waals surface area (Å²) in [5, 5.41) is -0.0512. The highest BCUT2D eigenvalue weighted by Gasteiger charge is 2.65. The Morgan fingerprint density at radius 3 is 1.95 bits per heavy atom. The minimum atomic E-state index is -2.32. The molecule has 0 N–H and O–H groups in total. The van der Waals surface area contributed by atoms with Gasteiger partial charge in [-0.15, -0.1) is 0 Å². The van der Waals surface area contributed by atoms with Gasteiger partial charge >= 0.3 is 0 Å². The molecule has 0 amide bonds. The summed E-state index contributed by atoms with van der Waals surface area (Å²) in [5.74, 6) is 3.99. The third-order valence-electron chi connectivity index (χ3n) is 8.48. The number of benzene rings is 2. The van der Waals surface area contributed by atoms with Gasteiger partial charge in [0.05, 0.1) is 33.5 Å². The highest BCUT2D eigenvalue weighted by Crippen LogP contribution is 2.56. The molecule has 4 aliphatic heterocycles. The van der Waals surface area contributed by atoms with Crippen molar-refractivity contribution in [2.24, 2.45) is 5.92 Å². The van der Waals surface area contributed by atoms with Crippen molar-refractivity contribution < 1.29 is 47.1 Å². The van der Waals surface area contributed by atoms with Gasteiger partial charge in [0.15, 0.2) is 42.8 Å². The molecule has 0 aromatic heterocycles. The molecule has 39 heavy (non-hydrogen) atoms. The van der Waals surface area contributed by atoms with Crippen molar-refractivity contribution in [1.82, 2.24) is 0 Å². The Morgan fingerprint density at radius 2 is 1.36 bits per heavy atom. The van der Waals surface area contributed by atoms with Crippen LogP contribution in [-0.4, -0.2) is 61.2 Å². The number of fused-ring (bicyclic) bond motifs is 3. The molecule has 2 saturated heterocycles. The Bertz CT molecular complexity index is 1260. The van der Waals surface area contributed by atoms with E-state index in [-0.39, 0.29) is 37.3 Å². The zero-order valence-electron chi connectivity index (χ0n) is 23.5. The van der Waals surface area contributed by atoms with Gasteiger partial charge < -0.3 is 47.1 Å². The quantitative estimate of drug-likeness (QED) is 0.429. The Labute approximate surface area is 229 Å².